The predicted molar refractivity (Wildman–Crippen MR) is 63.7 cm³/mol. The average molecular weight is 218 g/mol. The van der Waals surface area contributed by atoms with Gasteiger partial charge in [-0.25, -0.2) is 0 Å². The molecule has 0 bridgehead atoms. The zero-order valence-corrected chi connectivity index (χ0v) is 9.39. The standard InChI is InChI=1S/C12H14N2S/c13-7-10-1-3-11(4-2-10)8-14-12-5-6-15-9-12/h1-4,12,14H,5-6,8-9H2. The van der Waals surface area contributed by atoms with E-state index in [4.69, 9.17) is 5.26 Å². The van der Waals surface area contributed by atoms with Gasteiger partial charge in [-0.2, -0.15) is 17.0 Å². The van der Waals surface area contributed by atoms with Crippen molar-refractivity contribution in [2.45, 2.75) is 19.0 Å². The van der Waals surface area contributed by atoms with E-state index < -0.39 is 0 Å². The number of thioether (sulfide) groups is 1. The Morgan fingerprint density at radius 3 is 2.80 bits per heavy atom. The normalized spacial score (nSPS) is 20.1. The van der Waals surface area contributed by atoms with E-state index >= 15 is 0 Å². The summed E-state index contributed by atoms with van der Waals surface area (Å²) >= 11 is 2.02. The van der Waals surface area contributed by atoms with Crippen LogP contribution in [0.1, 0.15) is 17.5 Å². The van der Waals surface area contributed by atoms with Gasteiger partial charge in [0.1, 0.15) is 0 Å². The largest absolute Gasteiger partial charge is 0.309 e. The molecule has 1 fully saturated rings. The Bertz CT molecular complexity index is 347. The minimum absolute atomic E-state index is 0.672. The number of nitrogens with zero attached hydrogens (tertiary/aromatic N) is 1. The van der Waals surface area contributed by atoms with Crippen LogP contribution in [-0.2, 0) is 6.54 Å². The molecule has 3 heteroatoms. The van der Waals surface area contributed by atoms with Crippen LogP contribution in [0.4, 0.5) is 0 Å². The quantitative estimate of drug-likeness (QED) is 0.844. The van der Waals surface area contributed by atoms with Crippen molar-refractivity contribution in [3.63, 3.8) is 0 Å². The molecule has 2 nitrogen and oxygen atoms in total. The third-order valence-corrected chi connectivity index (χ3v) is 3.77. The number of hydrogen-bond acceptors (Lipinski definition) is 3. The number of benzene rings is 1. The van der Waals surface area contributed by atoms with Crippen LogP contribution >= 0.6 is 11.8 Å². The summed E-state index contributed by atoms with van der Waals surface area (Å²) in [6.45, 7) is 0.914. The van der Waals surface area contributed by atoms with Crippen molar-refractivity contribution in [1.82, 2.24) is 5.32 Å². The van der Waals surface area contributed by atoms with Crippen LogP contribution in [-0.4, -0.2) is 17.5 Å². The van der Waals surface area contributed by atoms with Crippen LogP contribution in [0.2, 0.25) is 0 Å². The Balaban J connectivity index is 1.85. The first kappa shape index (κ1) is 10.5. The van der Waals surface area contributed by atoms with Gasteiger partial charge in [-0.1, -0.05) is 12.1 Å². The first-order chi connectivity index (χ1) is 7.38. The van der Waals surface area contributed by atoms with Crippen molar-refractivity contribution >= 4 is 11.8 Å². The SMILES string of the molecule is N#Cc1ccc(CNC2CCSC2)cc1. The van der Waals surface area contributed by atoms with Gasteiger partial charge >= 0.3 is 0 Å². The van der Waals surface area contributed by atoms with E-state index in [0.29, 0.717) is 6.04 Å². The van der Waals surface area contributed by atoms with Gasteiger partial charge in [-0.15, -0.1) is 0 Å². The van der Waals surface area contributed by atoms with Gasteiger partial charge in [0.05, 0.1) is 11.6 Å². The van der Waals surface area contributed by atoms with Gasteiger partial charge in [0.2, 0.25) is 0 Å². The maximum Gasteiger partial charge on any atom is 0.0991 e. The third-order valence-electron chi connectivity index (χ3n) is 2.61. The van der Waals surface area contributed by atoms with E-state index in [-0.39, 0.29) is 0 Å². The third kappa shape index (κ3) is 2.98. The van der Waals surface area contributed by atoms with Crippen molar-refractivity contribution < 1.29 is 0 Å². The molecule has 0 amide bonds. The van der Waals surface area contributed by atoms with Gasteiger partial charge in [-0.05, 0) is 29.9 Å². The summed E-state index contributed by atoms with van der Waals surface area (Å²) in [5.41, 5.74) is 1.99. The van der Waals surface area contributed by atoms with E-state index in [1.807, 2.05) is 36.0 Å². The highest BCUT2D eigenvalue weighted by atomic mass is 32.2. The molecule has 0 radical (unpaired) electrons. The fourth-order valence-corrected chi connectivity index (χ4v) is 2.84. The van der Waals surface area contributed by atoms with Gasteiger partial charge in [0.25, 0.3) is 0 Å². The molecule has 1 aromatic rings. The Kier molecular flexibility index (Phi) is 3.65. The monoisotopic (exact) mass is 218 g/mol. The van der Waals surface area contributed by atoms with E-state index in [1.54, 1.807) is 0 Å². The lowest BCUT2D eigenvalue weighted by Gasteiger charge is -2.10. The molecule has 1 saturated heterocycles. The average Bonchev–Trinajstić information content (AvgIpc) is 2.80. The summed E-state index contributed by atoms with van der Waals surface area (Å²) in [6.07, 6.45) is 1.28. The number of hydrogen-bond donors (Lipinski definition) is 1. The van der Waals surface area contributed by atoms with Crippen LogP contribution in [0.5, 0.6) is 0 Å². The lowest BCUT2D eigenvalue weighted by Crippen LogP contribution is -2.27. The molecular formula is C12H14N2S. The second-order valence-corrected chi connectivity index (χ2v) is 4.90. The van der Waals surface area contributed by atoms with Crippen LogP contribution in [0.15, 0.2) is 24.3 Å². The van der Waals surface area contributed by atoms with Gasteiger partial charge in [0.15, 0.2) is 0 Å². The maximum atomic E-state index is 8.66. The summed E-state index contributed by atoms with van der Waals surface area (Å²) in [5.74, 6) is 2.52. The second-order valence-electron chi connectivity index (χ2n) is 3.75. The molecule has 1 heterocycles. The maximum absolute atomic E-state index is 8.66. The topological polar surface area (TPSA) is 35.8 Å². The minimum Gasteiger partial charge on any atom is -0.309 e. The fraction of sp³-hybridized carbons (Fsp3) is 0.417. The Hall–Kier alpha value is -0.980. The van der Waals surface area contributed by atoms with Crippen LogP contribution < -0.4 is 5.32 Å². The highest BCUT2D eigenvalue weighted by Gasteiger charge is 2.13. The molecule has 1 aliphatic rings. The molecule has 1 unspecified atom stereocenters. The Morgan fingerprint density at radius 1 is 1.40 bits per heavy atom. The van der Waals surface area contributed by atoms with Gasteiger partial charge in [-0.3, -0.25) is 0 Å². The smallest absolute Gasteiger partial charge is 0.0991 e. The van der Waals surface area contributed by atoms with E-state index in [1.165, 1.54) is 23.5 Å². The Labute approximate surface area is 94.7 Å². The summed E-state index contributed by atoms with van der Waals surface area (Å²) in [5, 5.41) is 12.2. The first-order valence-electron chi connectivity index (χ1n) is 5.18. The number of nitrogens with one attached hydrogen (secondary N) is 1. The number of rotatable bonds is 3. The molecule has 1 N–H and O–H groups in total. The van der Waals surface area contributed by atoms with E-state index in [2.05, 4.69) is 11.4 Å². The lowest BCUT2D eigenvalue weighted by atomic mass is 10.1. The summed E-state index contributed by atoms with van der Waals surface area (Å²) in [7, 11) is 0. The summed E-state index contributed by atoms with van der Waals surface area (Å²) in [4.78, 5) is 0. The molecule has 1 atom stereocenters. The predicted octanol–water partition coefficient (Wildman–Crippen LogP) is 2.15. The highest BCUT2D eigenvalue weighted by molar-refractivity contribution is 7.99. The zero-order chi connectivity index (χ0) is 10.5. The molecule has 0 saturated carbocycles. The molecule has 0 spiro atoms. The molecule has 78 valence electrons. The summed E-state index contributed by atoms with van der Waals surface area (Å²) < 4.78 is 0. The molecule has 1 aliphatic heterocycles. The van der Waals surface area contributed by atoms with Gasteiger partial charge in [0, 0.05) is 18.3 Å². The lowest BCUT2D eigenvalue weighted by molar-refractivity contribution is 0.558. The van der Waals surface area contributed by atoms with Gasteiger partial charge < -0.3 is 5.32 Å². The highest BCUT2D eigenvalue weighted by Crippen LogP contribution is 2.17. The second kappa shape index (κ2) is 5.20. The van der Waals surface area contributed by atoms with Crippen LogP contribution in [0.3, 0.4) is 0 Å². The van der Waals surface area contributed by atoms with Crippen molar-refractivity contribution in [2.24, 2.45) is 0 Å². The molecule has 0 aliphatic carbocycles. The van der Waals surface area contributed by atoms with E-state index in [0.717, 1.165) is 12.1 Å². The van der Waals surface area contributed by atoms with Crippen LogP contribution in [0, 0.1) is 11.3 Å². The van der Waals surface area contributed by atoms with E-state index in [9.17, 15) is 0 Å². The minimum atomic E-state index is 0.672. The molecular weight excluding hydrogens is 204 g/mol. The summed E-state index contributed by atoms with van der Waals surface area (Å²) in [6, 6.07) is 10.6. The first-order valence-corrected chi connectivity index (χ1v) is 6.34. The fourth-order valence-electron chi connectivity index (χ4n) is 1.65. The zero-order valence-electron chi connectivity index (χ0n) is 8.57. The molecule has 0 aromatic heterocycles. The molecule has 1 aromatic carbocycles. The molecule has 2 rings (SSSR count). The van der Waals surface area contributed by atoms with Crippen molar-refractivity contribution in [1.29, 1.82) is 5.26 Å². The molecule has 15 heavy (non-hydrogen) atoms. The Morgan fingerprint density at radius 2 is 2.20 bits per heavy atom. The van der Waals surface area contributed by atoms with Crippen molar-refractivity contribution in [3.8, 4) is 6.07 Å². The number of nitriles is 1. The van der Waals surface area contributed by atoms with Crippen molar-refractivity contribution in [3.05, 3.63) is 35.4 Å². The van der Waals surface area contributed by atoms with Crippen LogP contribution in [0.25, 0.3) is 0 Å². The van der Waals surface area contributed by atoms with Crippen molar-refractivity contribution in [2.75, 3.05) is 11.5 Å².